The van der Waals surface area contributed by atoms with Crippen molar-refractivity contribution in [2.75, 3.05) is 0 Å². The number of carbonyl (C=O) groups excluding carboxylic acids is 1. The van der Waals surface area contributed by atoms with E-state index >= 15 is 0 Å². The van der Waals surface area contributed by atoms with Crippen LogP contribution in [-0.2, 0) is 0 Å². The largest absolute Gasteiger partial charge is 0.286 e. The van der Waals surface area contributed by atoms with Crippen LogP contribution in [0.3, 0.4) is 0 Å². The summed E-state index contributed by atoms with van der Waals surface area (Å²) in [5.74, 6) is -0.0141. The van der Waals surface area contributed by atoms with Gasteiger partial charge in [0.05, 0.1) is 5.56 Å². The van der Waals surface area contributed by atoms with Gasteiger partial charge in [0.25, 0.3) is 5.17 Å². The monoisotopic (exact) mass is 410 g/mol. The molecular weight excluding hydrogens is 390 g/mol. The van der Waals surface area contributed by atoms with Crippen LogP contribution in [0.1, 0.15) is 27.5 Å². The minimum Gasteiger partial charge on any atom is -0.286 e. The zero-order valence-corrected chi connectivity index (χ0v) is 17.1. The van der Waals surface area contributed by atoms with E-state index in [-0.39, 0.29) is 5.78 Å². The summed E-state index contributed by atoms with van der Waals surface area (Å²) in [4.78, 5) is 13.8. The van der Waals surface area contributed by atoms with Gasteiger partial charge in [0.2, 0.25) is 17.5 Å². The first-order chi connectivity index (χ1) is 14.8. The lowest BCUT2D eigenvalue weighted by atomic mass is 9.96. The molecule has 4 aromatic rings. The molecule has 146 valence electrons. The second-order valence-electron chi connectivity index (χ2n) is 6.91. The lowest BCUT2D eigenvalue weighted by Crippen LogP contribution is -2.27. The number of ketones is 1. The second-order valence-corrected chi connectivity index (χ2v) is 7.26. The fraction of sp³-hybridized carbons (Fsp3) is 0.0370. The molecule has 1 atom stereocenters. The Kier molecular flexibility index (Phi) is 6.17. The van der Waals surface area contributed by atoms with E-state index in [2.05, 4.69) is 0 Å². The van der Waals surface area contributed by atoms with Gasteiger partial charge in [0.1, 0.15) is 0 Å². The molecule has 30 heavy (non-hydrogen) atoms. The third kappa shape index (κ3) is 4.24. The molecule has 0 aliphatic rings. The van der Waals surface area contributed by atoms with Crippen molar-refractivity contribution in [3.8, 4) is 0 Å². The Labute approximate surface area is 181 Å². The Morgan fingerprint density at radius 2 is 1.03 bits per heavy atom. The average molecular weight is 411 g/mol. The van der Waals surface area contributed by atoms with Gasteiger partial charge in [-0.3, -0.25) is 4.79 Å². The topological polar surface area (TPSA) is 20.1 Å². The van der Waals surface area contributed by atoms with Crippen LogP contribution in [0.25, 0.3) is 0 Å². The van der Waals surface area contributed by atoms with Crippen molar-refractivity contribution >= 4 is 28.2 Å². The Balaban J connectivity index is 1.98. The highest BCUT2D eigenvalue weighted by atomic mass is 35.5. The number of rotatable bonds is 6. The molecule has 0 aromatic heterocycles. The van der Waals surface area contributed by atoms with Gasteiger partial charge in [-0.1, -0.05) is 97.1 Å². The van der Waals surface area contributed by atoms with Crippen molar-refractivity contribution in [3.63, 3.8) is 0 Å². The van der Waals surface area contributed by atoms with Gasteiger partial charge in [-0.15, -0.1) is 0 Å². The molecule has 0 spiro atoms. The molecule has 0 aliphatic carbocycles. The fourth-order valence-electron chi connectivity index (χ4n) is 3.49. The summed E-state index contributed by atoms with van der Waals surface area (Å²) in [7, 11) is 0. The predicted molar refractivity (Wildman–Crippen MR) is 123 cm³/mol. The summed E-state index contributed by atoms with van der Waals surface area (Å²) < 4.78 is 1.92. The van der Waals surface area contributed by atoms with Gasteiger partial charge in [-0.05, 0) is 23.7 Å². The van der Waals surface area contributed by atoms with Gasteiger partial charge < -0.3 is 0 Å². The minimum atomic E-state index is -0.608. The second kappa shape index (κ2) is 9.34. The maximum Gasteiger partial charge on any atom is 0.283 e. The molecule has 3 heteroatoms. The first-order valence-corrected chi connectivity index (χ1v) is 10.2. The van der Waals surface area contributed by atoms with E-state index in [9.17, 15) is 4.79 Å². The zero-order valence-electron chi connectivity index (χ0n) is 16.4. The molecule has 0 N–H and O–H groups in total. The van der Waals surface area contributed by atoms with E-state index in [1.165, 1.54) is 0 Å². The Morgan fingerprint density at radius 1 is 0.600 bits per heavy atom. The lowest BCUT2D eigenvalue weighted by Gasteiger charge is -2.17. The number of nitrogens with zero attached hydrogens (tertiary/aromatic N) is 1. The fourth-order valence-corrected chi connectivity index (χ4v) is 3.81. The van der Waals surface area contributed by atoms with E-state index in [0.29, 0.717) is 10.7 Å². The van der Waals surface area contributed by atoms with Crippen LogP contribution in [0.4, 0.5) is 5.69 Å². The van der Waals surface area contributed by atoms with E-state index in [0.717, 1.165) is 16.8 Å². The molecule has 0 bridgehead atoms. The molecule has 0 fully saturated rings. The molecule has 0 saturated heterocycles. The molecule has 4 aromatic carbocycles. The van der Waals surface area contributed by atoms with Gasteiger partial charge in [-0.25, -0.2) is 0 Å². The number of benzene rings is 4. The van der Waals surface area contributed by atoms with E-state index in [1.54, 1.807) is 0 Å². The minimum absolute atomic E-state index is 0.0141. The Morgan fingerprint density at radius 3 is 1.57 bits per heavy atom. The van der Waals surface area contributed by atoms with E-state index in [4.69, 9.17) is 11.6 Å². The molecule has 0 heterocycles. The molecular formula is C27H21ClNO+. The van der Waals surface area contributed by atoms with Gasteiger partial charge in [0, 0.05) is 23.3 Å². The number of hydrogen-bond acceptors (Lipinski definition) is 1. The standard InChI is InChI=1S/C27H21ClNO/c28-27(23-17-9-3-10-18-23)29(24-19-11-4-12-20-24)25(21-13-5-1-6-14-21)26(30)22-15-7-2-8-16-22/h1-20,25H/q+1. The molecule has 1 unspecified atom stereocenters. The number of carbonyl (C=O) groups is 1. The molecule has 2 nitrogen and oxygen atoms in total. The van der Waals surface area contributed by atoms with Crippen LogP contribution >= 0.6 is 11.6 Å². The van der Waals surface area contributed by atoms with E-state index < -0.39 is 6.04 Å². The SMILES string of the molecule is O=C(c1ccccc1)C(c1ccccc1)[N+](=C(Cl)c1ccccc1)c1ccccc1. The van der Waals surface area contributed by atoms with E-state index in [1.807, 2.05) is 126 Å². The highest BCUT2D eigenvalue weighted by molar-refractivity contribution is 6.68. The lowest BCUT2D eigenvalue weighted by molar-refractivity contribution is -0.470. The van der Waals surface area contributed by atoms with Gasteiger partial charge in [-0.2, -0.15) is 4.58 Å². The van der Waals surface area contributed by atoms with Crippen LogP contribution in [0.15, 0.2) is 121 Å². The summed E-state index contributed by atoms with van der Waals surface area (Å²) >= 11 is 6.97. The molecule has 4 rings (SSSR count). The summed E-state index contributed by atoms with van der Waals surface area (Å²) in [6.07, 6.45) is 0. The van der Waals surface area contributed by atoms with Crippen LogP contribution in [0, 0.1) is 0 Å². The highest BCUT2D eigenvalue weighted by Crippen LogP contribution is 2.30. The first kappa shape index (κ1) is 19.8. The molecule has 0 saturated carbocycles. The maximum absolute atomic E-state index is 13.8. The molecule has 0 amide bonds. The third-order valence-corrected chi connectivity index (χ3v) is 5.34. The van der Waals surface area contributed by atoms with Crippen LogP contribution in [0.2, 0.25) is 0 Å². The van der Waals surface area contributed by atoms with Gasteiger partial charge in [0.15, 0.2) is 0 Å². The van der Waals surface area contributed by atoms with Crippen molar-refractivity contribution in [1.29, 1.82) is 0 Å². The third-order valence-electron chi connectivity index (χ3n) is 4.94. The Hall–Kier alpha value is -3.49. The van der Waals surface area contributed by atoms with Crippen molar-refractivity contribution in [2.45, 2.75) is 6.04 Å². The average Bonchev–Trinajstić information content (AvgIpc) is 2.84. The smallest absolute Gasteiger partial charge is 0.283 e. The number of para-hydroxylation sites is 1. The van der Waals surface area contributed by atoms with Crippen molar-refractivity contribution < 1.29 is 9.37 Å². The Bertz CT molecular complexity index is 1140. The normalized spacial score (nSPS) is 12.7. The number of hydrogen-bond donors (Lipinski definition) is 0. The molecule has 0 aliphatic heterocycles. The van der Waals surface area contributed by atoms with Gasteiger partial charge >= 0.3 is 0 Å². The van der Waals surface area contributed by atoms with Crippen molar-refractivity contribution in [2.24, 2.45) is 0 Å². The van der Waals surface area contributed by atoms with Crippen molar-refractivity contribution in [1.82, 2.24) is 0 Å². The predicted octanol–water partition coefficient (Wildman–Crippen LogP) is 6.64. The van der Waals surface area contributed by atoms with Crippen molar-refractivity contribution in [3.05, 3.63) is 138 Å². The number of halogens is 1. The maximum atomic E-state index is 13.8. The summed E-state index contributed by atoms with van der Waals surface area (Å²) in [5.41, 5.74) is 3.23. The summed E-state index contributed by atoms with van der Waals surface area (Å²) in [6.45, 7) is 0. The first-order valence-electron chi connectivity index (χ1n) is 9.82. The zero-order chi connectivity index (χ0) is 20.8. The number of Topliss-reactive ketones (excluding diaryl/α,β-unsaturated/α-hetero) is 1. The summed E-state index contributed by atoms with van der Waals surface area (Å²) in [6, 6.07) is 38.1. The quantitative estimate of drug-likeness (QED) is 0.198. The highest BCUT2D eigenvalue weighted by Gasteiger charge is 2.36. The van der Waals surface area contributed by atoms with Crippen LogP contribution in [-0.4, -0.2) is 15.5 Å². The summed E-state index contributed by atoms with van der Waals surface area (Å²) in [5, 5.41) is 0.500. The van der Waals surface area contributed by atoms with Crippen LogP contribution in [0.5, 0.6) is 0 Å². The van der Waals surface area contributed by atoms with Crippen LogP contribution < -0.4 is 0 Å². The molecule has 0 radical (unpaired) electrons.